The van der Waals surface area contributed by atoms with Crippen LogP contribution in [-0.4, -0.2) is 28.4 Å². The Morgan fingerprint density at radius 3 is 1.22 bits per heavy atom. The van der Waals surface area contributed by atoms with Crippen molar-refractivity contribution in [3.63, 3.8) is 0 Å². The molecule has 2 aromatic carbocycles. The van der Waals surface area contributed by atoms with E-state index in [2.05, 4.69) is 67.5 Å². The summed E-state index contributed by atoms with van der Waals surface area (Å²) in [5.74, 6) is 1.72. The van der Waals surface area contributed by atoms with Crippen molar-refractivity contribution < 1.29 is 9.47 Å². The van der Waals surface area contributed by atoms with Crippen LogP contribution in [0.15, 0.2) is 60.8 Å². The van der Waals surface area contributed by atoms with Crippen LogP contribution >= 0.6 is 0 Å². The predicted octanol–water partition coefficient (Wildman–Crippen LogP) is 17.6. The molecule has 0 radical (unpaired) electrons. The first kappa shape index (κ1) is 48.3. The molecule has 5 heteroatoms. The van der Waals surface area contributed by atoms with Gasteiger partial charge in [0, 0.05) is 23.2 Å². The molecule has 1 N–H and O–H groups in total. The largest absolute Gasteiger partial charge is 0.493 e. The van der Waals surface area contributed by atoms with Gasteiger partial charge in [-0.25, -0.2) is 0 Å². The van der Waals surface area contributed by atoms with Crippen molar-refractivity contribution in [2.45, 2.75) is 219 Å². The summed E-state index contributed by atoms with van der Waals surface area (Å²) in [6, 6.07) is 18.8. The lowest BCUT2D eigenvalue weighted by atomic mass is 10.0. The van der Waals surface area contributed by atoms with Gasteiger partial charge >= 0.3 is 0 Å². The quantitative estimate of drug-likeness (QED) is 0.0458. The number of nitrogens with one attached hydrogen (secondary N) is 1. The summed E-state index contributed by atoms with van der Waals surface area (Å²) in [6.07, 6.45) is 45.8. The molecule has 0 unspecified atom stereocenters. The first-order valence-corrected chi connectivity index (χ1v) is 25.1. The normalized spacial score (nSPS) is 11.5. The Bertz CT molecular complexity index is 1540. The first-order valence-electron chi connectivity index (χ1n) is 25.1. The standard InChI is InChI=1S/C54H85N3O2/c1-3-5-7-9-11-13-15-17-19-21-23-25-27-29-31-35-39-58-50-41-49(52-45-54(57-56-52)53-43-47-37-33-34-38-48(47)46-55-53)42-51(44-50)59-40-36-32-30-28-26-24-22-20-18-16-14-12-10-8-6-4-2/h33-34,37-38,41-46H,3-32,35-36,39-40H2,1-2H3,(H,56,57). The molecule has 4 rings (SSSR count). The van der Waals surface area contributed by atoms with Crippen molar-refractivity contribution in [3.05, 3.63) is 60.8 Å². The third-order valence-electron chi connectivity index (χ3n) is 12.2. The van der Waals surface area contributed by atoms with Gasteiger partial charge in [-0.3, -0.25) is 10.1 Å². The molecular weight excluding hydrogens is 723 g/mol. The second kappa shape index (κ2) is 32.4. The molecule has 0 spiro atoms. The number of fused-ring (bicyclic) bond motifs is 1. The maximum Gasteiger partial charge on any atom is 0.123 e. The average molecular weight is 808 g/mol. The second-order valence-electron chi connectivity index (χ2n) is 17.6. The summed E-state index contributed by atoms with van der Waals surface area (Å²) in [6.45, 7) is 6.06. The summed E-state index contributed by atoms with van der Waals surface area (Å²) in [7, 11) is 0. The van der Waals surface area contributed by atoms with Gasteiger partial charge in [0.2, 0.25) is 0 Å². The van der Waals surface area contributed by atoms with Gasteiger partial charge in [-0.15, -0.1) is 0 Å². The number of nitrogens with zero attached hydrogens (tertiary/aromatic N) is 2. The molecule has 4 aromatic rings. The van der Waals surface area contributed by atoms with Crippen molar-refractivity contribution in [3.8, 4) is 34.1 Å². The number of aromatic amines is 1. The second-order valence-corrected chi connectivity index (χ2v) is 17.6. The van der Waals surface area contributed by atoms with E-state index in [9.17, 15) is 0 Å². The van der Waals surface area contributed by atoms with Crippen molar-refractivity contribution in [1.29, 1.82) is 0 Å². The van der Waals surface area contributed by atoms with E-state index in [0.717, 1.165) is 65.6 Å². The molecule has 0 aliphatic heterocycles. The highest BCUT2D eigenvalue weighted by Crippen LogP contribution is 2.32. The smallest absolute Gasteiger partial charge is 0.123 e. The summed E-state index contributed by atoms with van der Waals surface area (Å²) in [4.78, 5) is 4.72. The van der Waals surface area contributed by atoms with E-state index in [1.807, 2.05) is 12.3 Å². The number of ether oxygens (including phenoxy) is 2. The highest BCUT2D eigenvalue weighted by molar-refractivity contribution is 5.85. The van der Waals surface area contributed by atoms with Crippen LogP contribution in [0, 0.1) is 0 Å². The fraction of sp³-hybridized carbons (Fsp3) is 0.667. The number of pyridine rings is 1. The summed E-state index contributed by atoms with van der Waals surface area (Å²) in [5.41, 5.74) is 3.66. The molecule has 5 nitrogen and oxygen atoms in total. The highest BCUT2D eigenvalue weighted by Gasteiger charge is 2.12. The zero-order chi connectivity index (χ0) is 41.3. The van der Waals surface area contributed by atoms with Crippen LogP contribution in [0.3, 0.4) is 0 Å². The van der Waals surface area contributed by atoms with Gasteiger partial charge in [0.05, 0.1) is 30.3 Å². The molecule has 0 bridgehead atoms. The van der Waals surface area contributed by atoms with Crippen LogP contribution in [0.1, 0.15) is 219 Å². The zero-order valence-electron chi connectivity index (χ0n) is 38.0. The SMILES string of the molecule is CCCCCCCCCCCCCCCCCCOc1cc(OCCCCCCCCCCCCCCCCCC)cc(-c2cc(-c3cc4ccccc4cn3)[nH]n2)c1. The van der Waals surface area contributed by atoms with Crippen molar-refractivity contribution in [2.75, 3.05) is 13.2 Å². The molecule has 59 heavy (non-hydrogen) atoms. The zero-order valence-corrected chi connectivity index (χ0v) is 38.0. The maximum atomic E-state index is 6.37. The third-order valence-corrected chi connectivity index (χ3v) is 12.2. The summed E-state index contributed by atoms with van der Waals surface area (Å²) >= 11 is 0. The van der Waals surface area contributed by atoms with Crippen LogP contribution in [0.4, 0.5) is 0 Å². The maximum absolute atomic E-state index is 6.37. The van der Waals surface area contributed by atoms with Gasteiger partial charge < -0.3 is 9.47 Å². The molecular formula is C54H85N3O2. The minimum absolute atomic E-state index is 0.729. The van der Waals surface area contributed by atoms with Crippen LogP contribution in [0.5, 0.6) is 11.5 Å². The lowest BCUT2D eigenvalue weighted by Gasteiger charge is -2.12. The van der Waals surface area contributed by atoms with E-state index in [4.69, 9.17) is 19.6 Å². The van der Waals surface area contributed by atoms with Gasteiger partial charge in [0.1, 0.15) is 11.5 Å². The third kappa shape index (κ3) is 21.7. The molecule has 0 atom stereocenters. The van der Waals surface area contributed by atoms with Crippen LogP contribution in [0.25, 0.3) is 33.4 Å². The average Bonchev–Trinajstić information content (AvgIpc) is 3.76. The van der Waals surface area contributed by atoms with Gasteiger partial charge in [-0.2, -0.15) is 5.10 Å². The summed E-state index contributed by atoms with van der Waals surface area (Å²) < 4.78 is 12.7. The Morgan fingerprint density at radius 1 is 0.407 bits per heavy atom. The predicted molar refractivity (Wildman–Crippen MR) is 255 cm³/mol. The lowest BCUT2D eigenvalue weighted by Crippen LogP contribution is -2.01. The van der Waals surface area contributed by atoms with E-state index in [0.29, 0.717) is 0 Å². The van der Waals surface area contributed by atoms with E-state index in [-0.39, 0.29) is 0 Å². The van der Waals surface area contributed by atoms with E-state index in [1.165, 1.54) is 198 Å². The van der Waals surface area contributed by atoms with Crippen molar-refractivity contribution in [2.24, 2.45) is 0 Å². The van der Waals surface area contributed by atoms with Crippen molar-refractivity contribution in [1.82, 2.24) is 15.2 Å². The lowest BCUT2D eigenvalue weighted by molar-refractivity contribution is 0.290. The molecule has 0 saturated carbocycles. The minimum atomic E-state index is 0.729. The number of benzene rings is 2. The molecule has 0 aliphatic rings. The molecule has 0 aliphatic carbocycles. The van der Waals surface area contributed by atoms with Crippen molar-refractivity contribution >= 4 is 10.8 Å². The molecule has 0 amide bonds. The van der Waals surface area contributed by atoms with Gasteiger partial charge in [-0.1, -0.05) is 231 Å². The minimum Gasteiger partial charge on any atom is -0.493 e. The topological polar surface area (TPSA) is 60.0 Å². The molecule has 0 fully saturated rings. The number of H-pyrrole nitrogens is 1. The Balaban J connectivity index is 1.14. The number of hydrogen-bond donors (Lipinski definition) is 1. The molecule has 2 aromatic heterocycles. The Kier molecular flexibility index (Phi) is 26.6. The van der Waals surface area contributed by atoms with Gasteiger partial charge in [0.15, 0.2) is 0 Å². The summed E-state index contributed by atoms with van der Waals surface area (Å²) in [5, 5.41) is 10.3. The molecule has 328 valence electrons. The Hall–Kier alpha value is -3.34. The first-order chi connectivity index (χ1) is 29.3. The number of aromatic nitrogens is 3. The molecule has 0 saturated heterocycles. The fourth-order valence-electron chi connectivity index (χ4n) is 8.40. The monoisotopic (exact) mass is 808 g/mol. The molecule has 2 heterocycles. The number of rotatable bonds is 38. The van der Waals surface area contributed by atoms with Crippen LogP contribution in [-0.2, 0) is 0 Å². The van der Waals surface area contributed by atoms with E-state index in [1.54, 1.807) is 0 Å². The van der Waals surface area contributed by atoms with Gasteiger partial charge in [0.25, 0.3) is 0 Å². The van der Waals surface area contributed by atoms with E-state index < -0.39 is 0 Å². The fourth-order valence-corrected chi connectivity index (χ4v) is 8.40. The highest BCUT2D eigenvalue weighted by atomic mass is 16.5. The Labute approximate surface area is 361 Å². The van der Waals surface area contributed by atoms with Crippen LogP contribution in [0.2, 0.25) is 0 Å². The van der Waals surface area contributed by atoms with E-state index >= 15 is 0 Å². The number of hydrogen-bond acceptors (Lipinski definition) is 4. The number of unbranched alkanes of at least 4 members (excludes halogenated alkanes) is 30. The van der Waals surface area contributed by atoms with Crippen LogP contribution < -0.4 is 9.47 Å². The Morgan fingerprint density at radius 2 is 0.797 bits per heavy atom. The van der Waals surface area contributed by atoms with Gasteiger partial charge in [-0.05, 0) is 42.5 Å².